The highest BCUT2D eigenvalue weighted by Crippen LogP contribution is 2.09. The monoisotopic (exact) mass is 221 g/mol. The van der Waals surface area contributed by atoms with Gasteiger partial charge in [-0.25, -0.2) is 9.97 Å². The first-order valence-corrected chi connectivity index (χ1v) is 5.31. The van der Waals surface area contributed by atoms with Crippen LogP contribution in [-0.2, 0) is 0 Å². The van der Waals surface area contributed by atoms with Crippen molar-refractivity contribution in [1.29, 1.82) is 0 Å². The highest BCUT2D eigenvalue weighted by Gasteiger charge is 2.12. The minimum absolute atomic E-state index is 0.209. The highest BCUT2D eigenvalue weighted by molar-refractivity contribution is 5.91. The zero-order chi connectivity index (χ0) is 11.4. The SMILES string of the molecule is CNC(=O)c1cnc(N2CCNCC2)cn1. The largest absolute Gasteiger partial charge is 0.354 e. The van der Waals surface area contributed by atoms with Crippen LogP contribution < -0.4 is 15.5 Å². The number of aromatic nitrogens is 2. The summed E-state index contributed by atoms with van der Waals surface area (Å²) < 4.78 is 0. The molecule has 2 N–H and O–H groups in total. The third-order valence-corrected chi connectivity index (χ3v) is 2.54. The molecule has 0 aliphatic carbocycles. The van der Waals surface area contributed by atoms with Crippen molar-refractivity contribution in [2.75, 3.05) is 38.1 Å². The zero-order valence-electron chi connectivity index (χ0n) is 9.23. The predicted octanol–water partition coefficient (Wildman–Crippen LogP) is -0.754. The maximum absolute atomic E-state index is 11.3. The molecule has 0 bridgehead atoms. The summed E-state index contributed by atoms with van der Waals surface area (Å²) in [6.45, 7) is 3.76. The first-order chi connectivity index (χ1) is 7.81. The Morgan fingerprint density at radius 2 is 2.12 bits per heavy atom. The van der Waals surface area contributed by atoms with Gasteiger partial charge in [0.25, 0.3) is 5.91 Å². The minimum Gasteiger partial charge on any atom is -0.354 e. The van der Waals surface area contributed by atoms with E-state index >= 15 is 0 Å². The van der Waals surface area contributed by atoms with Gasteiger partial charge < -0.3 is 15.5 Å². The van der Waals surface area contributed by atoms with Crippen LogP contribution in [0.4, 0.5) is 5.82 Å². The van der Waals surface area contributed by atoms with E-state index in [1.165, 1.54) is 6.20 Å². The molecule has 0 unspecified atom stereocenters. The number of anilines is 1. The number of piperazine rings is 1. The Morgan fingerprint density at radius 3 is 2.69 bits per heavy atom. The van der Waals surface area contributed by atoms with E-state index in [0.717, 1.165) is 32.0 Å². The van der Waals surface area contributed by atoms with Crippen molar-refractivity contribution in [2.24, 2.45) is 0 Å². The molecule has 1 saturated heterocycles. The predicted molar refractivity (Wildman–Crippen MR) is 60.5 cm³/mol. The van der Waals surface area contributed by atoms with Crippen molar-refractivity contribution in [3.63, 3.8) is 0 Å². The fourth-order valence-electron chi connectivity index (χ4n) is 1.62. The van der Waals surface area contributed by atoms with Crippen LogP contribution in [0.2, 0.25) is 0 Å². The van der Waals surface area contributed by atoms with Crippen LogP contribution in [-0.4, -0.2) is 49.1 Å². The van der Waals surface area contributed by atoms with Crippen LogP contribution in [0, 0.1) is 0 Å². The molecule has 1 aliphatic heterocycles. The zero-order valence-corrected chi connectivity index (χ0v) is 9.23. The van der Waals surface area contributed by atoms with Crippen molar-refractivity contribution in [2.45, 2.75) is 0 Å². The molecular weight excluding hydrogens is 206 g/mol. The molecule has 86 valence electrons. The van der Waals surface area contributed by atoms with Gasteiger partial charge in [-0.3, -0.25) is 4.79 Å². The number of rotatable bonds is 2. The van der Waals surface area contributed by atoms with Crippen molar-refractivity contribution >= 4 is 11.7 Å². The lowest BCUT2D eigenvalue weighted by Gasteiger charge is -2.27. The van der Waals surface area contributed by atoms with E-state index in [2.05, 4.69) is 25.5 Å². The molecule has 6 nitrogen and oxygen atoms in total. The summed E-state index contributed by atoms with van der Waals surface area (Å²) in [6.07, 6.45) is 3.16. The third-order valence-electron chi connectivity index (χ3n) is 2.54. The van der Waals surface area contributed by atoms with Crippen LogP contribution in [0.3, 0.4) is 0 Å². The molecule has 0 aromatic carbocycles. The Bertz CT molecular complexity index is 358. The summed E-state index contributed by atoms with van der Waals surface area (Å²) in [5.74, 6) is 0.619. The van der Waals surface area contributed by atoms with Gasteiger partial charge in [0.05, 0.1) is 12.4 Å². The standard InChI is InChI=1S/C10H15N5O/c1-11-10(16)8-6-14-9(7-13-8)15-4-2-12-3-5-15/h6-7,12H,2-5H2,1H3,(H,11,16). The Morgan fingerprint density at radius 1 is 1.38 bits per heavy atom. The minimum atomic E-state index is -0.209. The molecule has 6 heteroatoms. The molecule has 1 amide bonds. The second kappa shape index (κ2) is 4.89. The number of nitrogens with one attached hydrogen (secondary N) is 2. The summed E-state index contributed by atoms with van der Waals surface area (Å²) in [4.78, 5) is 21.7. The highest BCUT2D eigenvalue weighted by atomic mass is 16.1. The lowest BCUT2D eigenvalue weighted by atomic mass is 10.3. The van der Waals surface area contributed by atoms with Gasteiger partial charge in [-0.2, -0.15) is 0 Å². The number of hydrogen-bond acceptors (Lipinski definition) is 5. The number of carbonyl (C=O) groups excluding carboxylic acids is 1. The quantitative estimate of drug-likeness (QED) is 0.687. The van der Waals surface area contributed by atoms with Crippen LogP contribution in [0.5, 0.6) is 0 Å². The van der Waals surface area contributed by atoms with E-state index in [9.17, 15) is 4.79 Å². The fraction of sp³-hybridized carbons (Fsp3) is 0.500. The molecule has 2 heterocycles. The van der Waals surface area contributed by atoms with E-state index in [4.69, 9.17) is 0 Å². The Kier molecular flexibility index (Phi) is 3.31. The Balaban J connectivity index is 2.09. The summed E-state index contributed by atoms with van der Waals surface area (Å²) in [7, 11) is 1.58. The molecular formula is C10H15N5O. The van der Waals surface area contributed by atoms with Gasteiger partial charge in [-0.05, 0) is 0 Å². The first kappa shape index (κ1) is 10.8. The van der Waals surface area contributed by atoms with Crippen LogP contribution in [0.1, 0.15) is 10.5 Å². The number of hydrogen-bond donors (Lipinski definition) is 2. The number of carbonyl (C=O) groups is 1. The second-order valence-electron chi connectivity index (χ2n) is 3.58. The number of nitrogens with zero attached hydrogens (tertiary/aromatic N) is 3. The molecule has 0 atom stereocenters. The molecule has 0 saturated carbocycles. The second-order valence-corrected chi connectivity index (χ2v) is 3.58. The van der Waals surface area contributed by atoms with Crippen molar-refractivity contribution in [1.82, 2.24) is 20.6 Å². The third kappa shape index (κ3) is 2.27. The lowest BCUT2D eigenvalue weighted by molar-refractivity contribution is 0.0958. The smallest absolute Gasteiger partial charge is 0.271 e. The topological polar surface area (TPSA) is 70.2 Å². The lowest BCUT2D eigenvalue weighted by Crippen LogP contribution is -2.44. The maximum Gasteiger partial charge on any atom is 0.271 e. The van der Waals surface area contributed by atoms with E-state index in [-0.39, 0.29) is 5.91 Å². The molecule has 1 aromatic heterocycles. The summed E-state index contributed by atoms with van der Waals surface area (Å²) in [5, 5.41) is 5.78. The van der Waals surface area contributed by atoms with Crippen LogP contribution >= 0.6 is 0 Å². The Labute approximate surface area is 94.1 Å². The molecule has 0 spiro atoms. The van der Waals surface area contributed by atoms with Gasteiger partial charge >= 0.3 is 0 Å². The maximum atomic E-state index is 11.3. The first-order valence-electron chi connectivity index (χ1n) is 5.31. The van der Waals surface area contributed by atoms with Gasteiger partial charge in [0.15, 0.2) is 0 Å². The average molecular weight is 221 g/mol. The molecule has 16 heavy (non-hydrogen) atoms. The molecule has 0 radical (unpaired) electrons. The summed E-state index contributed by atoms with van der Waals surface area (Å²) >= 11 is 0. The number of amides is 1. The molecule has 1 aromatic rings. The van der Waals surface area contributed by atoms with E-state index < -0.39 is 0 Å². The van der Waals surface area contributed by atoms with Crippen molar-refractivity contribution in [3.8, 4) is 0 Å². The average Bonchev–Trinajstić information content (AvgIpc) is 2.39. The molecule has 2 rings (SSSR count). The van der Waals surface area contributed by atoms with Crippen molar-refractivity contribution < 1.29 is 4.79 Å². The van der Waals surface area contributed by atoms with Gasteiger partial charge in [0.1, 0.15) is 11.5 Å². The van der Waals surface area contributed by atoms with Gasteiger partial charge in [0, 0.05) is 33.2 Å². The van der Waals surface area contributed by atoms with Crippen molar-refractivity contribution in [3.05, 3.63) is 18.1 Å². The van der Waals surface area contributed by atoms with E-state index in [0.29, 0.717) is 5.69 Å². The summed E-state index contributed by atoms with van der Waals surface area (Å²) in [6, 6.07) is 0. The van der Waals surface area contributed by atoms with Gasteiger partial charge in [0.2, 0.25) is 0 Å². The van der Waals surface area contributed by atoms with Crippen LogP contribution in [0.25, 0.3) is 0 Å². The molecule has 1 fully saturated rings. The van der Waals surface area contributed by atoms with Gasteiger partial charge in [-0.1, -0.05) is 0 Å². The van der Waals surface area contributed by atoms with E-state index in [1.54, 1.807) is 13.2 Å². The van der Waals surface area contributed by atoms with E-state index in [1.807, 2.05) is 0 Å². The fourth-order valence-corrected chi connectivity index (χ4v) is 1.62. The Hall–Kier alpha value is -1.69. The summed E-state index contributed by atoms with van der Waals surface area (Å²) in [5.41, 5.74) is 0.349. The van der Waals surface area contributed by atoms with Gasteiger partial charge in [-0.15, -0.1) is 0 Å². The van der Waals surface area contributed by atoms with Crippen LogP contribution in [0.15, 0.2) is 12.4 Å². The normalized spacial score (nSPS) is 15.9. The molecule has 1 aliphatic rings.